The van der Waals surface area contributed by atoms with E-state index in [1.165, 1.54) is 18.2 Å². The third kappa shape index (κ3) is 2.95. The van der Waals surface area contributed by atoms with Crippen molar-refractivity contribution in [3.8, 4) is 0 Å². The number of rotatable bonds is 3. The lowest BCUT2D eigenvalue weighted by atomic mass is 10.1. The van der Waals surface area contributed by atoms with Crippen molar-refractivity contribution in [2.75, 3.05) is 5.32 Å². The molecule has 2 aromatic rings. The lowest BCUT2D eigenvalue weighted by molar-refractivity contribution is -0.385. The number of para-hydroxylation sites is 1. The van der Waals surface area contributed by atoms with E-state index in [-0.39, 0.29) is 11.3 Å². The van der Waals surface area contributed by atoms with Crippen LogP contribution in [0.1, 0.15) is 15.9 Å². The lowest BCUT2D eigenvalue weighted by Gasteiger charge is -2.09. The van der Waals surface area contributed by atoms with Gasteiger partial charge in [-0.2, -0.15) is 0 Å². The molecular weight excluding hydrogens is 280 g/mol. The van der Waals surface area contributed by atoms with E-state index in [0.717, 1.165) is 5.56 Å². The maximum absolute atomic E-state index is 12.1. The first-order valence-electron chi connectivity index (χ1n) is 5.80. The molecule has 1 N–H and O–H groups in total. The average Bonchev–Trinajstić information content (AvgIpc) is 2.42. The van der Waals surface area contributed by atoms with Crippen LogP contribution in [-0.4, -0.2) is 10.8 Å². The van der Waals surface area contributed by atoms with Crippen molar-refractivity contribution < 1.29 is 9.72 Å². The highest BCUT2D eigenvalue weighted by Crippen LogP contribution is 2.23. The average molecular weight is 291 g/mol. The molecular formula is C14H11ClN2O3. The summed E-state index contributed by atoms with van der Waals surface area (Å²) < 4.78 is 0. The van der Waals surface area contributed by atoms with Crippen LogP contribution in [0, 0.1) is 17.0 Å². The van der Waals surface area contributed by atoms with E-state index in [1.807, 2.05) is 6.92 Å². The first-order chi connectivity index (χ1) is 9.49. The second-order valence-corrected chi connectivity index (χ2v) is 4.62. The fraction of sp³-hybridized carbons (Fsp3) is 0.0714. The van der Waals surface area contributed by atoms with Crippen molar-refractivity contribution in [3.05, 3.63) is 68.7 Å². The van der Waals surface area contributed by atoms with Crippen LogP contribution in [0.15, 0.2) is 42.5 Å². The van der Waals surface area contributed by atoms with Crippen molar-refractivity contribution in [2.24, 2.45) is 0 Å². The van der Waals surface area contributed by atoms with Crippen LogP contribution in [0.4, 0.5) is 11.4 Å². The number of nitro benzene ring substituents is 1. The summed E-state index contributed by atoms with van der Waals surface area (Å²) in [5.74, 6) is -0.539. The van der Waals surface area contributed by atoms with Gasteiger partial charge in [-0.25, -0.2) is 0 Å². The molecule has 20 heavy (non-hydrogen) atoms. The van der Waals surface area contributed by atoms with Gasteiger partial charge >= 0.3 is 0 Å². The predicted molar refractivity (Wildman–Crippen MR) is 77.2 cm³/mol. The van der Waals surface area contributed by atoms with E-state index in [4.69, 9.17) is 11.6 Å². The molecule has 0 bridgehead atoms. The SMILES string of the molecule is Cc1ccc(Cl)cc1NC(=O)c1ccccc1[N+](=O)[O-]. The maximum atomic E-state index is 12.1. The predicted octanol–water partition coefficient (Wildman–Crippen LogP) is 3.81. The van der Waals surface area contributed by atoms with Crippen LogP contribution in [0.5, 0.6) is 0 Å². The number of amides is 1. The monoisotopic (exact) mass is 290 g/mol. The second-order valence-electron chi connectivity index (χ2n) is 4.19. The number of carbonyl (C=O) groups is 1. The number of halogens is 1. The number of anilines is 1. The van der Waals surface area contributed by atoms with E-state index >= 15 is 0 Å². The smallest absolute Gasteiger partial charge is 0.282 e. The highest BCUT2D eigenvalue weighted by atomic mass is 35.5. The number of nitrogens with one attached hydrogen (secondary N) is 1. The fourth-order valence-corrected chi connectivity index (χ4v) is 1.92. The van der Waals surface area contributed by atoms with Gasteiger partial charge in [0.15, 0.2) is 0 Å². The standard InChI is InChI=1S/C14H11ClN2O3/c1-9-6-7-10(15)8-12(9)16-14(18)11-4-2-3-5-13(11)17(19)20/h2-8H,1H3,(H,16,18). The van der Waals surface area contributed by atoms with Gasteiger partial charge < -0.3 is 5.32 Å². The molecule has 0 aromatic heterocycles. The lowest BCUT2D eigenvalue weighted by Crippen LogP contribution is -2.14. The van der Waals surface area contributed by atoms with Crippen LogP contribution in [0.25, 0.3) is 0 Å². The first kappa shape index (κ1) is 14.0. The Morgan fingerprint density at radius 2 is 1.95 bits per heavy atom. The summed E-state index contributed by atoms with van der Waals surface area (Å²) in [6.07, 6.45) is 0. The Hall–Kier alpha value is -2.40. The number of nitrogens with zero attached hydrogens (tertiary/aromatic N) is 1. The van der Waals surface area contributed by atoms with E-state index in [9.17, 15) is 14.9 Å². The highest BCUT2D eigenvalue weighted by Gasteiger charge is 2.19. The number of hydrogen-bond acceptors (Lipinski definition) is 3. The summed E-state index contributed by atoms with van der Waals surface area (Å²) >= 11 is 5.87. The zero-order valence-corrected chi connectivity index (χ0v) is 11.3. The Morgan fingerprint density at radius 3 is 2.65 bits per heavy atom. The highest BCUT2D eigenvalue weighted by molar-refractivity contribution is 6.31. The van der Waals surface area contributed by atoms with Crippen molar-refractivity contribution in [2.45, 2.75) is 6.92 Å². The topological polar surface area (TPSA) is 72.2 Å². The molecule has 0 fully saturated rings. The quantitative estimate of drug-likeness (QED) is 0.690. The molecule has 2 rings (SSSR count). The number of nitro groups is 1. The van der Waals surface area contributed by atoms with Gasteiger partial charge in [0.05, 0.1) is 4.92 Å². The number of benzene rings is 2. The van der Waals surface area contributed by atoms with Gasteiger partial charge in [0.1, 0.15) is 5.56 Å². The Kier molecular flexibility index (Phi) is 4.00. The molecule has 2 aromatic carbocycles. The van der Waals surface area contributed by atoms with Crippen molar-refractivity contribution >= 4 is 28.9 Å². The molecule has 0 aliphatic heterocycles. The van der Waals surface area contributed by atoms with Crippen molar-refractivity contribution in [1.29, 1.82) is 0 Å². The number of hydrogen-bond donors (Lipinski definition) is 1. The molecule has 0 radical (unpaired) electrons. The molecule has 0 saturated heterocycles. The molecule has 0 aliphatic carbocycles. The Labute approximate surface area is 120 Å². The fourth-order valence-electron chi connectivity index (χ4n) is 1.74. The summed E-state index contributed by atoms with van der Waals surface area (Å²) in [4.78, 5) is 22.5. The largest absolute Gasteiger partial charge is 0.321 e. The summed E-state index contributed by atoms with van der Waals surface area (Å²) in [6.45, 7) is 1.81. The number of aryl methyl sites for hydroxylation is 1. The van der Waals surface area contributed by atoms with E-state index in [0.29, 0.717) is 10.7 Å². The van der Waals surface area contributed by atoms with Crippen LogP contribution >= 0.6 is 11.6 Å². The Bertz CT molecular complexity index is 686. The molecule has 0 atom stereocenters. The molecule has 0 saturated carbocycles. The number of carbonyl (C=O) groups excluding carboxylic acids is 1. The first-order valence-corrected chi connectivity index (χ1v) is 6.18. The molecule has 0 unspecified atom stereocenters. The molecule has 1 amide bonds. The van der Waals surface area contributed by atoms with E-state index < -0.39 is 10.8 Å². The third-order valence-electron chi connectivity index (χ3n) is 2.79. The minimum absolute atomic E-state index is 0.0110. The van der Waals surface area contributed by atoms with Crippen molar-refractivity contribution in [3.63, 3.8) is 0 Å². The molecule has 0 heterocycles. The summed E-state index contributed by atoms with van der Waals surface area (Å²) in [5.41, 5.74) is 1.13. The second kappa shape index (κ2) is 5.71. The summed E-state index contributed by atoms with van der Waals surface area (Å²) in [5, 5.41) is 14.0. The van der Waals surface area contributed by atoms with Gasteiger partial charge in [0, 0.05) is 16.8 Å². The maximum Gasteiger partial charge on any atom is 0.282 e. The van der Waals surface area contributed by atoms with Gasteiger partial charge in [0.25, 0.3) is 11.6 Å². The van der Waals surface area contributed by atoms with Gasteiger partial charge in [-0.1, -0.05) is 29.8 Å². The molecule has 6 heteroatoms. The summed E-state index contributed by atoms with van der Waals surface area (Å²) in [7, 11) is 0. The third-order valence-corrected chi connectivity index (χ3v) is 3.03. The minimum Gasteiger partial charge on any atom is -0.321 e. The Balaban J connectivity index is 2.33. The summed E-state index contributed by atoms with van der Waals surface area (Å²) in [6, 6.07) is 10.9. The molecule has 0 aliphatic rings. The molecule has 5 nitrogen and oxygen atoms in total. The van der Waals surface area contributed by atoms with E-state index in [2.05, 4.69) is 5.32 Å². The van der Waals surface area contributed by atoms with Crippen LogP contribution < -0.4 is 5.32 Å². The minimum atomic E-state index is -0.584. The molecule has 102 valence electrons. The van der Waals surface area contributed by atoms with E-state index in [1.54, 1.807) is 24.3 Å². The van der Waals surface area contributed by atoms with Crippen LogP contribution in [-0.2, 0) is 0 Å². The van der Waals surface area contributed by atoms with Crippen LogP contribution in [0.2, 0.25) is 5.02 Å². The Morgan fingerprint density at radius 1 is 1.25 bits per heavy atom. The van der Waals surface area contributed by atoms with Gasteiger partial charge in [0.2, 0.25) is 0 Å². The zero-order valence-electron chi connectivity index (χ0n) is 10.6. The van der Waals surface area contributed by atoms with Gasteiger partial charge in [-0.15, -0.1) is 0 Å². The van der Waals surface area contributed by atoms with Gasteiger partial charge in [-0.3, -0.25) is 14.9 Å². The molecule has 0 spiro atoms. The van der Waals surface area contributed by atoms with Gasteiger partial charge in [-0.05, 0) is 30.7 Å². The van der Waals surface area contributed by atoms with Crippen molar-refractivity contribution in [1.82, 2.24) is 0 Å². The van der Waals surface area contributed by atoms with Crippen LogP contribution in [0.3, 0.4) is 0 Å². The zero-order chi connectivity index (χ0) is 14.7. The normalized spacial score (nSPS) is 10.1.